The number of hydrogen-bond acceptors (Lipinski definition) is 2. The Labute approximate surface area is 97.2 Å². The number of nitrogens with zero attached hydrogens (tertiary/aromatic N) is 1. The zero-order valence-corrected chi connectivity index (χ0v) is 10.0. The molecule has 0 heterocycles. The molecule has 0 saturated heterocycles. The van der Waals surface area contributed by atoms with Crippen LogP contribution in [0, 0.1) is 0 Å². The van der Waals surface area contributed by atoms with Crippen molar-refractivity contribution in [1.82, 2.24) is 4.90 Å². The van der Waals surface area contributed by atoms with E-state index in [2.05, 4.69) is 0 Å². The molecule has 3 nitrogen and oxygen atoms in total. The van der Waals surface area contributed by atoms with Crippen molar-refractivity contribution in [3.63, 3.8) is 0 Å². The summed E-state index contributed by atoms with van der Waals surface area (Å²) in [5, 5.41) is 0. The molecule has 16 heavy (non-hydrogen) atoms. The summed E-state index contributed by atoms with van der Waals surface area (Å²) in [6.07, 6.45) is 0.685. The number of rotatable bonds is 5. The van der Waals surface area contributed by atoms with E-state index in [4.69, 9.17) is 5.73 Å². The first kappa shape index (κ1) is 12.7. The Hall–Kier alpha value is -1.35. The molecule has 3 heteroatoms. The normalized spacial score (nSPS) is 12.2. The highest BCUT2D eigenvalue weighted by molar-refractivity contribution is 5.81. The first-order chi connectivity index (χ1) is 7.69. The minimum atomic E-state index is -0.372. The van der Waals surface area contributed by atoms with E-state index in [0.717, 1.165) is 5.56 Å². The number of nitrogens with two attached hydrogens (primary N) is 1. The van der Waals surface area contributed by atoms with Crippen LogP contribution in [0.1, 0.15) is 25.8 Å². The summed E-state index contributed by atoms with van der Waals surface area (Å²) in [4.78, 5) is 13.7. The van der Waals surface area contributed by atoms with Crippen LogP contribution >= 0.6 is 0 Å². The summed E-state index contributed by atoms with van der Waals surface area (Å²) >= 11 is 0. The van der Waals surface area contributed by atoms with Crippen LogP contribution < -0.4 is 5.73 Å². The maximum Gasteiger partial charge on any atom is 0.239 e. The lowest BCUT2D eigenvalue weighted by Crippen LogP contribution is -2.42. The largest absolute Gasteiger partial charge is 0.337 e. The Morgan fingerprint density at radius 1 is 1.31 bits per heavy atom. The number of carbonyl (C=O) groups is 1. The van der Waals surface area contributed by atoms with Gasteiger partial charge >= 0.3 is 0 Å². The van der Waals surface area contributed by atoms with Crippen LogP contribution in [0.15, 0.2) is 30.3 Å². The van der Waals surface area contributed by atoms with E-state index in [9.17, 15) is 4.79 Å². The molecule has 0 aliphatic carbocycles. The Bertz CT molecular complexity index is 324. The van der Waals surface area contributed by atoms with Gasteiger partial charge in [0.1, 0.15) is 0 Å². The monoisotopic (exact) mass is 220 g/mol. The molecule has 1 unspecified atom stereocenters. The third-order valence-corrected chi connectivity index (χ3v) is 2.67. The Kier molecular flexibility index (Phi) is 4.99. The molecule has 0 saturated carbocycles. The smallest absolute Gasteiger partial charge is 0.239 e. The molecule has 1 amide bonds. The van der Waals surface area contributed by atoms with Crippen molar-refractivity contribution in [2.24, 2.45) is 5.73 Å². The Morgan fingerprint density at radius 2 is 1.94 bits per heavy atom. The average Bonchev–Trinajstić information content (AvgIpc) is 2.35. The molecule has 0 fully saturated rings. The van der Waals surface area contributed by atoms with Gasteiger partial charge in [0, 0.05) is 13.1 Å². The molecule has 1 atom stereocenters. The van der Waals surface area contributed by atoms with Gasteiger partial charge in [-0.05, 0) is 18.9 Å². The van der Waals surface area contributed by atoms with E-state index < -0.39 is 0 Å². The van der Waals surface area contributed by atoms with Crippen molar-refractivity contribution in [2.45, 2.75) is 32.9 Å². The molecule has 0 aliphatic rings. The molecule has 0 spiro atoms. The van der Waals surface area contributed by atoms with Gasteiger partial charge in [0.25, 0.3) is 0 Å². The molecule has 1 aromatic carbocycles. The lowest BCUT2D eigenvalue weighted by Gasteiger charge is -2.23. The first-order valence-corrected chi connectivity index (χ1v) is 5.77. The van der Waals surface area contributed by atoms with Gasteiger partial charge < -0.3 is 10.6 Å². The minimum Gasteiger partial charge on any atom is -0.337 e. The van der Waals surface area contributed by atoms with Crippen LogP contribution in [0.25, 0.3) is 0 Å². The standard InChI is InChI=1S/C13H20N2O/c1-3-12(14)13(16)15(4-2)10-11-8-6-5-7-9-11/h5-9,12H,3-4,10,14H2,1-2H3. The van der Waals surface area contributed by atoms with Gasteiger partial charge in [0.05, 0.1) is 6.04 Å². The van der Waals surface area contributed by atoms with Gasteiger partial charge in [-0.15, -0.1) is 0 Å². The highest BCUT2D eigenvalue weighted by Gasteiger charge is 2.17. The third kappa shape index (κ3) is 3.35. The van der Waals surface area contributed by atoms with Crippen molar-refractivity contribution >= 4 is 5.91 Å². The van der Waals surface area contributed by atoms with E-state index >= 15 is 0 Å². The van der Waals surface area contributed by atoms with Crippen molar-refractivity contribution in [3.8, 4) is 0 Å². The highest BCUT2D eigenvalue weighted by Crippen LogP contribution is 2.06. The zero-order chi connectivity index (χ0) is 12.0. The summed E-state index contributed by atoms with van der Waals surface area (Å²) in [6, 6.07) is 9.60. The maximum atomic E-state index is 11.9. The van der Waals surface area contributed by atoms with Gasteiger partial charge in [0.2, 0.25) is 5.91 Å². The summed E-state index contributed by atoms with van der Waals surface area (Å²) in [7, 11) is 0. The van der Waals surface area contributed by atoms with Gasteiger partial charge in [0.15, 0.2) is 0 Å². The molecule has 0 bridgehead atoms. The first-order valence-electron chi connectivity index (χ1n) is 5.77. The highest BCUT2D eigenvalue weighted by atomic mass is 16.2. The van der Waals surface area contributed by atoms with Crippen LogP contribution in [0.2, 0.25) is 0 Å². The Morgan fingerprint density at radius 3 is 2.44 bits per heavy atom. The summed E-state index contributed by atoms with van der Waals surface area (Å²) in [5.74, 6) is 0.0360. The summed E-state index contributed by atoms with van der Waals surface area (Å²) < 4.78 is 0. The van der Waals surface area contributed by atoms with Gasteiger partial charge in [-0.3, -0.25) is 4.79 Å². The SMILES string of the molecule is CCC(N)C(=O)N(CC)Cc1ccccc1. The Balaban J connectivity index is 2.66. The second-order valence-corrected chi connectivity index (χ2v) is 3.85. The van der Waals surface area contributed by atoms with Crippen molar-refractivity contribution in [1.29, 1.82) is 0 Å². The second-order valence-electron chi connectivity index (χ2n) is 3.85. The molecule has 88 valence electrons. The fourth-order valence-electron chi connectivity index (χ4n) is 1.56. The number of benzene rings is 1. The van der Waals surface area contributed by atoms with Crippen molar-refractivity contribution in [3.05, 3.63) is 35.9 Å². The number of carbonyl (C=O) groups excluding carboxylic acids is 1. The number of hydrogen-bond donors (Lipinski definition) is 1. The fourth-order valence-corrected chi connectivity index (χ4v) is 1.56. The quantitative estimate of drug-likeness (QED) is 0.822. The molecule has 1 aromatic rings. The lowest BCUT2D eigenvalue weighted by atomic mass is 10.1. The second kappa shape index (κ2) is 6.28. The molecular weight excluding hydrogens is 200 g/mol. The van der Waals surface area contributed by atoms with E-state index in [0.29, 0.717) is 19.5 Å². The van der Waals surface area contributed by atoms with Crippen LogP contribution in [0.3, 0.4) is 0 Å². The van der Waals surface area contributed by atoms with Crippen molar-refractivity contribution in [2.75, 3.05) is 6.54 Å². The average molecular weight is 220 g/mol. The molecule has 0 aromatic heterocycles. The molecule has 1 rings (SSSR count). The molecule has 2 N–H and O–H groups in total. The van der Waals surface area contributed by atoms with Crippen LogP contribution in [0.4, 0.5) is 0 Å². The van der Waals surface area contributed by atoms with Crippen LogP contribution in [-0.2, 0) is 11.3 Å². The van der Waals surface area contributed by atoms with E-state index in [1.54, 1.807) is 4.90 Å². The van der Waals surface area contributed by atoms with Gasteiger partial charge in [-0.25, -0.2) is 0 Å². The zero-order valence-electron chi connectivity index (χ0n) is 10.0. The van der Waals surface area contributed by atoms with Gasteiger partial charge in [-0.2, -0.15) is 0 Å². The number of likely N-dealkylation sites (N-methyl/N-ethyl adjacent to an activating group) is 1. The van der Waals surface area contributed by atoms with E-state index in [1.165, 1.54) is 0 Å². The summed E-state index contributed by atoms with van der Waals surface area (Å²) in [6.45, 7) is 5.24. The lowest BCUT2D eigenvalue weighted by molar-refractivity contribution is -0.133. The predicted octanol–water partition coefficient (Wildman–Crippen LogP) is 1.77. The minimum absolute atomic E-state index is 0.0360. The molecule has 0 radical (unpaired) electrons. The third-order valence-electron chi connectivity index (χ3n) is 2.67. The maximum absolute atomic E-state index is 11.9. The fraction of sp³-hybridized carbons (Fsp3) is 0.462. The van der Waals surface area contributed by atoms with Gasteiger partial charge in [-0.1, -0.05) is 37.3 Å². The van der Waals surface area contributed by atoms with Crippen LogP contribution in [0.5, 0.6) is 0 Å². The van der Waals surface area contributed by atoms with Crippen LogP contribution in [-0.4, -0.2) is 23.4 Å². The predicted molar refractivity (Wildman–Crippen MR) is 65.8 cm³/mol. The number of amides is 1. The molecule has 0 aliphatic heterocycles. The molecular formula is C13H20N2O. The topological polar surface area (TPSA) is 46.3 Å². The van der Waals surface area contributed by atoms with E-state index in [-0.39, 0.29) is 11.9 Å². The van der Waals surface area contributed by atoms with E-state index in [1.807, 2.05) is 44.2 Å². The summed E-state index contributed by atoms with van der Waals surface area (Å²) in [5.41, 5.74) is 6.90. The van der Waals surface area contributed by atoms with Crippen molar-refractivity contribution < 1.29 is 4.79 Å².